The van der Waals surface area contributed by atoms with E-state index in [-0.39, 0.29) is 0 Å². The Bertz CT molecular complexity index is 407. The Labute approximate surface area is 96.3 Å². The Morgan fingerprint density at radius 1 is 1.19 bits per heavy atom. The molecule has 2 nitrogen and oxygen atoms in total. The molecular formula is C14H17NO. The average Bonchev–Trinajstić information content (AvgIpc) is 2.68. The van der Waals surface area contributed by atoms with Crippen molar-refractivity contribution in [3.8, 4) is 5.75 Å². The largest absolute Gasteiger partial charge is 0.497 e. The summed E-state index contributed by atoms with van der Waals surface area (Å²) in [5.74, 6) is 0.932. The fourth-order valence-electron chi connectivity index (χ4n) is 2.74. The predicted molar refractivity (Wildman–Crippen MR) is 65.5 cm³/mol. The molecule has 3 rings (SSSR count). The molecule has 84 valence electrons. The van der Waals surface area contributed by atoms with Gasteiger partial charge in [-0.05, 0) is 42.5 Å². The molecule has 2 aliphatic rings. The van der Waals surface area contributed by atoms with Crippen molar-refractivity contribution in [1.29, 1.82) is 0 Å². The summed E-state index contributed by atoms with van der Waals surface area (Å²) >= 11 is 0. The zero-order valence-corrected chi connectivity index (χ0v) is 9.57. The molecule has 0 saturated carbocycles. The standard InChI is InChI=1S/C14H17NO/c1-16-14-6-2-10(3-7-14)11-8-12-4-5-13(9-11)15-12/h2-3,6-8,12-13,15H,4-5,9H2,1H3. The zero-order chi connectivity index (χ0) is 11.0. The molecule has 1 fully saturated rings. The fraction of sp³-hybridized carbons (Fsp3) is 0.429. The number of hydrogen-bond acceptors (Lipinski definition) is 2. The van der Waals surface area contributed by atoms with Crippen LogP contribution in [0, 0.1) is 0 Å². The molecule has 0 spiro atoms. The summed E-state index contributed by atoms with van der Waals surface area (Å²) in [5, 5.41) is 3.61. The van der Waals surface area contributed by atoms with E-state index in [1.165, 1.54) is 30.4 Å². The Hall–Kier alpha value is -1.28. The second kappa shape index (κ2) is 3.95. The molecular weight excluding hydrogens is 198 g/mol. The van der Waals surface area contributed by atoms with Crippen LogP contribution in [0.4, 0.5) is 0 Å². The van der Waals surface area contributed by atoms with E-state index < -0.39 is 0 Å². The highest BCUT2D eigenvalue weighted by Gasteiger charge is 2.27. The van der Waals surface area contributed by atoms with Crippen LogP contribution in [-0.4, -0.2) is 19.2 Å². The molecule has 0 aromatic heterocycles. The molecule has 16 heavy (non-hydrogen) atoms. The van der Waals surface area contributed by atoms with Crippen LogP contribution in [0.1, 0.15) is 24.8 Å². The molecule has 2 bridgehead atoms. The lowest BCUT2D eigenvalue weighted by atomic mass is 9.96. The summed E-state index contributed by atoms with van der Waals surface area (Å²) in [5.41, 5.74) is 2.84. The quantitative estimate of drug-likeness (QED) is 0.818. The molecule has 0 radical (unpaired) electrons. The highest BCUT2D eigenvalue weighted by atomic mass is 16.5. The van der Waals surface area contributed by atoms with Crippen molar-refractivity contribution < 1.29 is 4.74 Å². The Kier molecular flexibility index (Phi) is 2.44. The van der Waals surface area contributed by atoms with Crippen molar-refractivity contribution in [3.05, 3.63) is 35.9 Å². The van der Waals surface area contributed by atoms with Crippen LogP contribution in [-0.2, 0) is 0 Å². The molecule has 2 aliphatic heterocycles. The molecule has 2 heteroatoms. The van der Waals surface area contributed by atoms with Crippen LogP contribution < -0.4 is 10.1 Å². The van der Waals surface area contributed by atoms with E-state index in [9.17, 15) is 0 Å². The van der Waals surface area contributed by atoms with Gasteiger partial charge in [0.25, 0.3) is 0 Å². The van der Waals surface area contributed by atoms with Gasteiger partial charge < -0.3 is 10.1 Å². The van der Waals surface area contributed by atoms with E-state index in [1.807, 2.05) is 12.1 Å². The number of rotatable bonds is 2. The maximum absolute atomic E-state index is 5.18. The van der Waals surface area contributed by atoms with E-state index in [2.05, 4.69) is 23.5 Å². The van der Waals surface area contributed by atoms with Gasteiger partial charge in [-0.25, -0.2) is 0 Å². The lowest BCUT2D eigenvalue weighted by molar-refractivity contribution is 0.415. The third-order valence-electron chi connectivity index (χ3n) is 3.61. The summed E-state index contributed by atoms with van der Waals surface area (Å²) in [6.45, 7) is 0. The van der Waals surface area contributed by atoms with Crippen LogP contribution in [0.2, 0.25) is 0 Å². The number of ether oxygens (including phenoxy) is 1. The maximum Gasteiger partial charge on any atom is 0.118 e. The molecule has 2 unspecified atom stereocenters. The van der Waals surface area contributed by atoms with Crippen LogP contribution in [0.15, 0.2) is 30.3 Å². The van der Waals surface area contributed by atoms with E-state index in [1.54, 1.807) is 7.11 Å². The summed E-state index contributed by atoms with van der Waals surface area (Å²) in [7, 11) is 1.71. The van der Waals surface area contributed by atoms with E-state index in [4.69, 9.17) is 4.74 Å². The first-order chi connectivity index (χ1) is 7.85. The SMILES string of the molecule is COc1ccc(C2=CC3CCC(C2)N3)cc1. The van der Waals surface area contributed by atoms with Crippen LogP contribution in [0.3, 0.4) is 0 Å². The van der Waals surface area contributed by atoms with Gasteiger partial charge in [0.1, 0.15) is 5.75 Å². The minimum absolute atomic E-state index is 0.607. The Morgan fingerprint density at radius 3 is 2.69 bits per heavy atom. The van der Waals surface area contributed by atoms with E-state index >= 15 is 0 Å². The van der Waals surface area contributed by atoms with Gasteiger partial charge in [-0.2, -0.15) is 0 Å². The van der Waals surface area contributed by atoms with Crippen molar-refractivity contribution in [2.45, 2.75) is 31.3 Å². The van der Waals surface area contributed by atoms with Crippen LogP contribution in [0.5, 0.6) is 5.75 Å². The molecule has 2 heterocycles. The van der Waals surface area contributed by atoms with E-state index in [0.29, 0.717) is 12.1 Å². The van der Waals surface area contributed by atoms with Crippen molar-refractivity contribution in [1.82, 2.24) is 5.32 Å². The lowest BCUT2D eigenvalue weighted by Gasteiger charge is -2.21. The molecule has 1 aromatic carbocycles. The number of benzene rings is 1. The second-order valence-corrected chi connectivity index (χ2v) is 4.67. The van der Waals surface area contributed by atoms with Gasteiger partial charge in [-0.15, -0.1) is 0 Å². The number of hydrogen-bond donors (Lipinski definition) is 1. The van der Waals surface area contributed by atoms with Gasteiger partial charge >= 0.3 is 0 Å². The van der Waals surface area contributed by atoms with Gasteiger partial charge in [0.2, 0.25) is 0 Å². The molecule has 0 amide bonds. The predicted octanol–water partition coefficient (Wildman–Crippen LogP) is 2.60. The number of methoxy groups -OCH3 is 1. The summed E-state index contributed by atoms with van der Waals surface area (Å²) in [6.07, 6.45) is 6.18. The van der Waals surface area contributed by atoms with Crippen LogP contribution >= 0.6 is 0 Å². The third kappa shape index (κ3) is 1.74. The van der Waals surface area contributed by atoms with Crippen LogP contribution in [0.25, 0.3) is 5.57 Å². The first-order valence-corrected chi connectivity index (χ1v) is 5.96. The third-order valence-corrected chi connectivity index (χ3v) is 3.61. The number of nitrogens with one attached hydrogen (secondary N) is 1. The van der Waals surface area contributed by atoms with Gasteiger partial charge in [0.15, 0.2) is 0 Å². The van der Waals surface area contributed by atoms with Crippen molar-refractivity contribution in [2.24, 2.45) is 0 Å². The molecule has 1 N–H and O–H groups in total. The molecule has 0 aliphatic carbocycles. The second-order valence-electron chi connectivity index (χ2n) is 4.67. The van der Waals surface area contributed by atoms with Crippen molar-refractivity contribution in [2.75, 3.05) is 7.11 Å². The smallest absolute Gasteiger partial charge is 0.118 e. The molecule has 2 atom stereocenters. The zero-order valence-electron chi connectivity index (χ0n) is 9.57. The van der Waals surface area contributed by atoms with Gasteiger partial charge in [0.05, 0.1) is 7.11 Å². The first-order valence-electron chi connectivity index (χ1n) is 5.96. The molecule has 1 saturated heterocycles. The van der Waals surface area contributed by atoms with Crippen molar-refractivity contribution >= 4 is 5.57 Å². The average molecular weight is 215 g/mol. The minimum atomic E-state index is 0.607. The topological polar surface area (TPSA) is 21.3 Å². The first kappa shape index (κ1) is 9.91. The highest BCUT2D eigenvalue weighted by molar-refractivity contribution is 5.68. The Balaban J connectivity index is 1.86. The summed E-state index contributed by atoms with van der Waals surface area (Å²) in [4.78, 5) is 0. The Morgan fingerprint density at radius 2 is 2.00 bits per heavy atom. The fourth-order valence-corrected chi connectivity index (χ4v) is 2.74. The number of fused-ring (bicyclic) bond motifs is 2. The highest BCUT2D eigenvalue weighted by Crippen LogP contribution is 2.32. The van der Waals surface area contributed by atoms with E-state index in [0.717, 1.165) is 5.75 Å². The maximum atomic E-state index is 5.18. The normalized spacial score (nSPS) is 27.7. The van der Waals surface area contributed by atoms with Gasteiger partial charge in [-0.1, -0.05) is 18.2 Å². The lowest BCUT2D eigenvalue weighted by Crippen LogP contribution is -2.31. The summed E-state index contributed by atoms with van der Waals surface area (Å²) in [6, 6.07) is 9.72. The minimum Gasteiger partial charge on any atom is -0.497 e. The van der Waals surface area contributed by atoms with Gasteiger partial charge in [0, 0.05) is 12.1 Å². The monoisotopic (exact) mass is 215 g/mol. The summed E-state index contributed by atoms with van der Waals surface area (Å²) < 4.78 is 5.18. The molecule has 1 aromatic rings. The van der Waals surface area contributed by atoms with Crippen molar-refractivity contribution in [3.63, 3.8) is 0 Å². The van der Waals surface area contributed by atoms with Gasteiger partial charge in [-0.3, -0.25) is 0 Å².